The lowest BCUT2D eigenvalue weighted by atomic mass is 9.97. The highest BCUT2D eigenvalue weighted by Crippen LogP contribution is 2.32. The number of amides is 1. The number of hydrogen-bond acceptors (Lipinski definition) is 5. The second-order valence-electron chi connectivity index (χ2n) is 6.37. The molecule has 1 aliphatic rings. The molecule has 1 saturated heterocycles. The summed E-state index contributed by atoms with van der Waals surface area (Å²) in [7, 11) is 0. The molecule has 25 heavy (non-hydrogen) atoms. The Labute approximate surface area is 150 Å². The van der Waals surface area contributed by atoms with Crippen molar-refractivity contribution in [3.8, 4) is 0 Å². The third kappa shape index (κ3) is 3.41. The number of nitrogens with one attached hydrogen (secondary N) is 2. The fourth-order valence-corrected chi connectivity index (χ4v) is 4.28. The van der Waals surface area contributed by atoms with Crippen molar-refractivity contribution in [2.75, 3.05) is 18.4 Å². The van der Waals surface area contributed by atoms with Crippen LogP contribution in [-0.4, -0.2) is 29.0 Å². The second kappa shape index (κ2) is 6.90. The third-order valence-corrected chi connectivity index (χ3v) is 5.65. The Morgan fingerprint density at radius 3 is 2.92 bits per heavy atom. The van der Waals surface area contributed by atoms with Crippen LogP contribution in [-0.2, 0) is 0 Å². The molecule has 0 aliphatic carbocycles. The van der Waals surface area contributed by atoms with E-state index in [1.807, 2.05) is 43.5 Å². The van der Waals surface area contributed by atoms with Crippen LogP contribution in [0.25, 0.3) is 10.9 Å². The molecule has 4 rings (SSSR count). The number of aromatic nitrogens is 2. The molecule has 1 aromatic carbocycles. The maximum Gasteiger partial charge on any atom is 0.258 e. The van der Waals surface area contributed by atoms with Crippen molar-refractivity contribution in [2.45, 2.75) is 25.7 Å². The van der Waals surface area contributed by atoms with Crippen LogP contribution in [0, 0.1) is 6.92 Å². The number of pyridine rings is 1. The lowest BCUT2D eigenvalue weighted by molar-refractivity contribution is 0.102. The zero-order valence-electron chi connectivity index (χ0n) is 14.1. The van der Waals surface area contributed by atoms with Gasteiger partial charge in [0.05, 0.1) is 11.1 Å². The summed E-state index contributed by atoms with van der Waals surface area (Å²) < 4.78 is 0. The van der Waals surface area contributed by atoms with E-state index in [-0.39, 0.29) is 5.91 Å². The zero-order valence-corrected chi connectivity index (χ0v) is 14.9. The van der Waals surface area contributed by atoms with E-state index in [2.05, 4.69) is 20.6 Å². The molecular weight excluding hydrogens is 332 g/mol. The van der Waals surface area contributed by atoms with Gasteiger partial charge in [0.2, 0.25) is 0 Å². The smallest absolute Gasteiger partial charge is 0.258 e. The molecule has 1 fully saturated rings. The summed E-state index contributed by atoms with van der Waals surface area (Å²) in [4.78, 5) is 22.9. The van der Waals surface area contributed by atoms with Gasteiger partial charge in [-0.25, -0.2) is 4.98 Å². The molecule has 0 bridgehead atoms. The van der Waals surface area contributed by atoms with Crippen LogP contribution in [0.2, 0.25) is 0 Å². The van der Waals surface area contributed by atoms with E-state index in [1.165, 1.54) is 4.88 Å². The van der Waals surface area contributed by atoms with Gasteiger partial charge in [0, 0.05) is 22.2 Å². The molecule has 128 valence electrons. The van der Waals surface area contributed by atoms with E-state index in [0.717, 1.165) is 42.5 Å². The van der Waals surface area contributed by atoms with Crippen LogP contribution in [0.4, 0.5) is 5.13 Å². The summed E-state index contributed by atoms with van der Waals surface area (Å²) in [6.45, 7) is 4.00. The monoisotopic (exact) mass is 352 g/mol. The Balaban J connectivity index is 1.57. The summed E-state index contributed by atoms with van der Waals surface area (Å²) in [5.41, 5.74) is 2.31. The average Bonchev–Trinajstić information content (AvgIpc) is 3.10. The van der Waals surface area contributed by atoms with Gasteiger partial charge in [0.25, 0.3) is 5.91 Å². The van der Waals surface area contributed by atoms with Crippen LogP contribution in [0.1, 0.15) is 39.7 Å². The van der Waals surface area contributed by atoms with Gasteiger partial charge in [-0.2, -0.15) is 0 Å². The summed E-state index contributed by atoms with van der Waals surface area (Å²) in [5.74, 6) is 0.418. The number of thiazole rings is 1. The number of piperidine rings is 1. The van der Waals surface area contributed by atoms with Gasteiger partial charge < -0.3 is 5.32 Å². The Morgan fingerprint density at radius 1 is 1.28 bits per heavy atom. The highest BCUT2D eigenvalue weighted by Gasteiger charge is 2.19. The van der Waals surface area contributed by atoms with E-state index >= 15 is 0 Å². The lowest BCUT2D eigenvalue weighted by Gasteiger charge is -2.20. The molecule has 2 N–H and O–H groups in total. The average molecular weight is 352 g/mol. The van der Waals surface area contributed by atoms with Crippen LogP contribution in [0.3, 0.4) is 0 Å². The van der Waals surface area contributed by atoms with Gasteiger partial charge in [-0.15, -0.1) is 11.3 Å². The van der Waals surface area contributed by atoms with E-state index in [1.54, 1.807) is 11.3 Å². The number of benzene rings is 1. The number of carbonyl (C=O) groups is 1. The number of fused-ring (bicyclic) bond motifs is 1. The largest absolute Gasteiger partial charge is 0.317 e. The van der Waals surface area contributed by atoms with Crippen LogP contribution < -0.4 is 10.6 Å². The van der Waals surface area contributed by atoms with Crippen molar-refractivity contribution < 1.29 is 4.79 Å². The Hall–Kier alpha value is -2.31. The first-order valence-corrected chi connectivity index (χ1v) is 9.36. The van der Waals surface area contributed by atoms with Crippen molar-refractivity contribution in [3.63, 3.8) is 0 Å². The minimum Gasteiger partial charge on any atom is -0.317 e. The third-order valence-electron chi connectivity index (χ3n) is 4.57. The summed E-state index contributed by atoms with van der Waals surface area (Å²) in [6, 6.07) is 9.55. The lowest BCUT2D eigenvalue weighted by Crippen LogP contribution is -2.26. The molecule has 0 spiro atoms. The Kier molecular flexibility index (Phi) is 4.46. The molecule has 6 heteroatoms. The molecule has 0 saturated carbocycles. The highest BCUT2D eigenvalue weighted by molar-refractivity contribution is 7.15. The molecular formula is C19H20N4OS. The van der Waals surface area contributed by atoms with E-state index in [0.29, 0.717) is 16.6 Å². The molecule has 2 aromatic heterocycles. The molecule has 0 unspecified atom stereocenters. The summed E-state index contributed by atoms with van der Waals surface area (Å²) in [5, 5.41) is 7.86. The molecule has 3 aromatic rings. The van der Waals surface area contributed by atoms with Gasteiger partial charge in [-0.05, 0) is 50.9 Å². The molecule has 1 amide bonds. The quantitative estimate of drug-likeness (QED) is 0.754. The van der Waals surface area contributed by atoms with Crippen molar-refractivity contribution >= 4 is 33.3 Å². The van der Waals surface area contributed by atoms with E-state index in [4.69, 9.17) is 0 Å². The fraction of sp³-hybridized carbons (Fsp3) is 0.316. The van der Waals surface area contributed by atoms with Gasteiger partial charge in [0.15, 0.2) is 5.13 Å². The normalized spacial score (nSPS) is 15.4. The maximum absolute atomic E-state index is 12.8. The van der Waals surface area contributed by atoms with Crippen LogP contribution >= 0.6 is 11.3 Å². The van der Waals surface area contributed by atoms with Gasteiger partial charge >= 0.3 is 0 Å². The Morgan fingerprint density at radius 2 is 2.08 bits per heavy atom. The number of nitrogens with zero attached hydrogens (tertiary/aromatic N) is 2. The first-order chi connectivity index (χ1) is 12.2. The van der Waals surface area contributed by atoms with E-state index < -0.39 is 0 Å². The number of carbonyl (C=O) groups excluding carboxylic acids is 1. The molecule has 0 radical (unpaired) electrons. The first-order valence-electron chi connectivity index (χ1n) is 8.55. The zero-order chi connectivity index (χ0) is 17.2. The van der Waals surface area contributed by atoms with Crippen molar-refractivity contribution in [1.29, 1.82) is 0 Å². The number of anilines is 1. The molecule has 3 heterocycles. The number of aryl methyl sites for hydroxylation is 1. The SMILES string of the molecule is Cc1cc(C(=O)Nc2ncc(C3CCNCC3)s2)c2ccccc2n1. The molecule has 1 aliphatic heterocycles. The number of para-hydroxylation sites is 1. The summed E-state index contributed by atoms with van der Waals surface area (Å²) >= 11 is 1.59. The van der Waals surface area contributed by atoms with Gasteiger partial charge in [0.1, 0.15) is 0 Å². The molecule has 0 atom stereocenters. The van der Waals surface area contributed by atoms with Gasteiger partial charge in [-0.1, -0.05) is 18.2 Å². The molecule has 5 nitrogen and oxygen atoms in total. The predicted molar refractivity (Wildman–Crippen MR) is 101 cm³/mol. The highest BCUT2D eigenvalue weighted by atomic mass is 32.1. The minimum atomic E-state index is -0.132. The number of hydrogen-bond donors (Lipinski definition) is 2. The maximum atomic E-state index is 12.8. The number of rotatable bonds is 3. The van der Waals surface area contributed by atoms with E-state index in [9.17, 15) is 4.79 Å². The van der Waals surface area contributed by atoms with Crippen LogP contribution in [0.15, 0.2) is 36.5 Å². The second-order valence-corrected chi connectivity index (χ2v) is 7.44. The van der Waals surface area contributed by atoms with Gasteiger partial charge in [-0.3, -0.25) is 15.1 Å². The fourth-order valence-electron chi connectivity index (χ4n) is 3.30. The van der Waals surface area contributed by atoms with Crippen LogP contribution in [0.5, 0.6) is 0 Å². The van der Waals surface area contributed by atoms with Crippen molar-refractivity contribution in [2.24, 2.45) is 0 Å². The van der Waals surface area contributed by atoms with Crippen molar-refractivity contribution in [1.82, 2.24) is 15.3 Å². The first kappa shape index (κ1) is 16.2. The topological polar surface area (TPSA) is 66.9 Å². The van der Waals surface area contributed by atoms with Crippen molar-refractivity contribution in [3.05, 3.63) is 52.7 Å². The standard InChI is InChI=1S/C19H20N4OS/c1-12-10-15(14-4-2-3-5-16(14)22-12)18(24)23-19-21-11-17(25-19)13-6-8-20-9-7-13/h2-5,10-11,13,20H,6-9H2,1H3,(H,21,23,24). The Bertz CT molecular complexity index is 915. The minimum absolute atomic E-state index is 0.132. The summed E-state index contributed by atoms with van der Waals surface area (Å²) in [6.07, 6.45) is 4.17. The predicted octanol–water partition coefficient (Wildman–Crippen LogP) is 3.72.